The number of anilines is 2. The second-order valence-corrected chi connectivity index (χ2v) is 7.21. The van der Waals surface area contributed by atoms with Gasteiger partial charge in [-0.15, -0.1) is 0 Å². The first kappa shape index (κ1) is 20.7. The molecule has 2 aromatic rings. The standard InChI is InChI=1S/C23H29N3O3/c1-2-14-29-21-11-7-10-20(16-21)25-22(27)17-24-19-9-6-8-18(15-19)23(28)26-12-4-3-5-13-26/h6-11,15-16,24H,2-5,12-14,17H2,1H3,(H,25,27). The highest BCUT2D eigenvalue weighted by molar-refractivity contribution is 5.96. The van der Waals surface area contributed by atoms with Gasteiger partial charge in [0, 0.05) is 36.1 Å². The van der Waals surface area contributed by atoms with Gasteiger partial charge in [0.15, 0.2) is 0 Å². The molecular formula is C23H29N3O3. The van der Waals surface area contributed by atoms with Crippen molar-refractivity contribution >= 4 is 23.2 Å². The van der Waals surface area contributed by atoms with Crippen LogP contribution in [0.5, 0.6) is 5.75 Å². The van der Waals surface area contributed by atoms with Crippen LogP contribution in [0.4, 0.5) is 11.4 Å². The van der Waals surface area contributed by atoms with Crippen LogP contribution in [0.25, 0.3) is 0 Å². The van der Waals surface area contributed by atoms with E-state index in [-0.39, 0.29) is 18.4 Å². The number of hydrogen-bond donors (Lipinski definition) is 2. The van der Waals surface area contributed by atoms with E-state index in [9.17, 15) is 9.59 Å². The third-order valence-corrected chi connectivity index (χ3v) is 4.80. The summed E-state index contributed by atoms with van der Waals surface area (Å²) in [5, 5.41) is 5.96. The van der Waals surface area contributed by atoms with Crippen LogP contribution in [0.2, 0.25) is 0 Å². The fraction of sp³-hybridized carbons (Fsp3) is 0.391. The fourth-order valence-electron chi connectivity index (χ4n) is 3.31. The van der Waals surface area contributed by atoms with Crippen molar-refractivity contribution in [2.75, 3.05) is 36.9 Å². The molecule has 0 bridgehead atoms. The minimum Gasteiger partial charge on any atom is -0.494 e. The van der Waals surface area contributed by atoms with E-state index < -0.39 is 0 Å². The van der Waals surface area contributed by atoms with Gasteiger partial charge in [-0.3, -0.25) is 9.59 Å². The van der Waals surface area contributed by atoms with Gasteiger partial charge in [-0.25, -0.2) is 0 Å². The molecule has 0 atom stereocenters. The van der Waals surface area contributed by atoms with Crippen molar-refractivity contribution in [2.45, 2.75) is 32.6 Å². The van der Waals surface area contributed by atoms with Crippen molar-refractivity contribution in [2.24, 2.45) is 0 Å². The van der Waals surface area contributed by atoms with Gasteiger partial charge in [0.25, 0.3) is 5.91 Å². The van der Waals surface area contributed by atoms with Gasteiger partial charge in [-0.2, -0.15) is 0 Å². The lowest BCUT2D eigenvalue weighted by atomic mass is 10.1. The van der Waals surface area contributed by atoms with Crippen molar-refractivity contribution in [1.29, 1.82) is 0 Å². The van der Waals surface area contributed by atoms with Crippen LogP contribution >= 0.6 is 0 Å². The minimum atomic E-state index is -0.162. The molecule has 2 aromatic carbocycles. The second kappa shape index (κ2) is 10.5. The summed E-state index contributed by atoms with van der Waals surface area (Å²) < 4.78 is 5.59. The van der Waals surface area contributed by atoms with Crippen LogP contribution in [0, 0.1) is 0 Å². The highest BCUT2D eigenvalue weighted by atomic mass is 16.5. The monoisotopic (exact) mass is 395 g/mol. The lowest BCUT2D eigenvalue weighted by molar-refractivity contribution is -0.114. The predicted octanol–water partition coefficient (Wildman–Crippen LogP) is 4.15. The van der Waals surface area contributed by atoms with Crippen LogP contribution in [0.15, 0.2) is 48.5 Å². The first-order valence-electron chi connectivity index (χ1n) is 10.3. The quantitative estimate of drug-likeness (QED) is 0.704. The van der Waals surface area contributed by atoms with Crippen molar-refractivity contribution in [1.82, 2.24) is 4.90 Å². The van der Waals surface area contributed by atoms with Crippen LogP contribution in [0.3, 0.4) is 0 Å². The van der Waals surface area contributed by atoms with Crippen molar-refractivity contribution < 1.29 is 14.3 Å². The summed E-state index contributed by atoms with van der Waals surface area (Å²) in [5.41, 5.74) is 2.10. The Hall–Kier alpha value is -3.02. The van der Waals surface area contributed by atoms with Crippen LogP contribution in [-0.2, 0) is 4.79 Å². The Morgan fingerprint density at radius 1 is 1.00 bits per heavy atom. The van der Waals surface area contributed by atoms with Gasteiger partial charge in [0.1, 0.15) is 5.75 Å². The molecule has 2 amide bonds. The molecule has 0 spiro atoms. The van der Waals surface area contributed by atoms with E-state index in [1.807, 2.05) is 60.4 Å². The lowest BCUT2D eigenvalue weighted by Crippen LogP contribution is -2.35. The molecule has 0 unspecified atom stereocenters. The van der Waals surface area contributed by atoms with E-state index >= 15 is 0 Å². The molecule has 1 aliphatic heterocycles. The molecule has 29 heavy (non-hydrogen) atoms. The Balaban J connectivity index is 1.53. The Morgan fingerprint density at radius 2 is 1.76 bits per heavy atom. The van der Waals surface area contributed by atoms with Gasteiger partial charge < -0.3 is 20.3 Å². The molecule has 1 heterocycles. The number of amides is 2. The van der Waals surface area contributed by atoms with Gasteiger partial charge >= 0.3 is 0 Å². The highest BCUT2D eigenvalue weighted by Gasteiger charge is 2.18. The molecule has 1 aliphatic rings. The number of ether oxygens (including phenoxy) is 1. The SMILES string of the molecule is CCCOc1cccc(NC(=O)CNc2cccc(C(=O)N3CCCCC3)c2)c1. The Labute approximate surface area is 172 Å². The third kappa shape index (κ3) is 6.24. The lowest BCUT2D eigenvalue weighted by Gasteiger charge is -2.26. The third-order valence-electron chi connectivity index (χ3n) is 4.80. The van der Waals surface area contributed by atoms with Crippen molar-refractivity contribution in [3.8, 4) is 5.75 Å². The highest BCUT2D eigenvalue weighted by Crippen LogP contribution is 2.18. The topological polar surface area (TPSA) is 70.7 Å². The maximum absolute atomic E-state index is 12.6. The molecular weight excluding hydrogens is 366 g/mol. The first-order chi connectivity index (χ1) is 14.2. The summed E-state index contributed by atoms with van der Waals surface area (Å²) in [6.45, 7) is 4.44. The average molecular weight is 396 g/mol. The summed E-state index contributed by atoms with van der Waals surface area (Å²) in [6.07, 6.45) is 4.25. The van der Waals surface area contributed by atoms with Crippen LogP contribution < -0.4 is 15.4 Å². The number of likely N-dealkylation sites (tertiary alicyclic amines) is 1. The average Bonchev–Trinajstić information content (AvgIpc) is 2.77. The summed E-state index contributed by atoms with van der Waals surface area (Å²) in [6, 6.07) is 14.7. The van der Waals surface area contributed by atoms with Gasteiger partial charge in [-0.05, 0) is 56.0 Å². The Kier molecular flexibility index (Phi) is 7.50. The number of hydrogen-bond acceptors (Lipinski definition) is 4. The molecule has 0 aromatic heterocycles. The van der Waals surface area contributed by atoms with E-state index in [1.165, 1.54) is 6.42 Å². The van der Waals surface area contributed by atoms with Crippen molar-refractivity contribution in [3.05, 3.63) is 54.1 Å². The molecule has 6 heteroatoms. The largest absolute Gasteiger partial charge is 0.494 e. The van der Waals surface area contributed by atoms with E-state index in [1.54, 1.807) is 0 Å². The van der Waals surface area contributed by atoms with Crippen molar-refractivity contribution in [3.63, 3.8) is 0 Å². The molecule has 2 N–H and O–H groups in total. The summed E-state index contributed by atoms with van der Waals surface area (Å²) in [5.74, 6) is 0.633. The van der Waals surface area contributed by atoms with E-state index in [0.29, 0.717) is 17.9 Å². The zero-order chi connectivity index (χ0) is 20.5. The number of nitrogens with zero attached hydrogens (tertiary/aromatic N) is 1. The van der Waals surface area contributed by atoms with Gasteiger partial charge in [-0.1, -0.05) is 19.1 Å². The molecule has 0 aliphatic carbocycles. The molecule has 0 radical (unpaired) electrons. The number of rotatable bonds is 8. The number of carbonyl (C=O) groups is 2. The fourth-order valence-corrected chi connectivity index (χ4v) is 3.31. The van der Waals surface area contributed by atoms with E-state index in [2.05, 4.69) is 10.6 Å². The summed E-state index contributed by atoms with van der Waals surface area (Å²) >= 11 is 0. The molecule has 154 valence electrons. The number of carbonyl (C=O) groups excluding carboxylic acids is 2. The number of piperidine rings is 1. The van der Waals surface area contributed by atoms with Crippen LogP contribution in [-0.4, -0.2) is 43.0 Å². The number of benzene rings is 2. The second-order valence-electron chi connectivity index (χ2n) is 7.21. The molecule has 3 rings (SSSR count). The van der Waals surface area contributed by atoms with Gasteiger partial charge in [0.05, 0.1) is 13.2 Å². The first-order valence-corrected chi connectivity index (χ1v) is 10.3. The Bertz CT molecular complexity index is 832. The Morgan fingerprint density at radius 3 is 2.55 bits per heavy atom. The van der Waals surface area contributed by atoms with Crippen LogP contribution in [0.1, 0.15) is 43.0 Å². The normalized spacial score (nSPS) is 13.6. The van der Waals surface area contributed by atoms with E-state index in [0.717, 1.165) is 43.8 Å². The maximum Gasteiger partial charge on any atom is 0.253 e. The zero-order valence-electron chi connectivity index (χ0n) is 16.9. The summed E-state index contributed by atoms with van der Waals surface area (Å²) in [4.78, 5) is 26.8. The molecule has 6 nitrogen and oxygen atoms in total. The molecule has 1 fully saturated rings. The maximum atomic E-state index is 12.6. The van der Waals surface area contributed by atoms with Gasteiger partial charge in [0.2, 0.25) is 5.91 Å². The summed E-state index contributed by atoms with van der Waals surface area (Å²) in [7, 11) is 0. The molecule has 1 saturated heterocycles. The zero-order valence-corrected chi connectivity index (χ0v) is 16.9. The van der Waals surface area contributed by atoms with E-state index in [4.69, 9.17) is 4.74 Å². The molecule has 0 saturated carbocycles. The minimum absolute atomic E-state index is 0.0571. The smallest absolute Gasteiger partial charge is 0.253 e. The predicted molar refractivity (Wildman–Crippen MR) is 116 cm³/mol. The number of nitrogens with one attached hydrogen (secondary N) is 2.